The Morgan fingerprint density at radius 3 is 2.63 bits per heavy atom. The minimum absolute atomic E-state index is 0.0964. The molecule has 2 aliphatic rings. The van der Waals surface area contributed by atoms with Crippen LogP contribution in [0.5, 0.6) is 0 Å². The number of piperidine rings is 1. The van der Waals surface area contributed by atoms with Gasteiger partial charge in [0.25, 0.3) is 0 Å². The molecule has 6 nitrogen and oxygen atoms in total. The lowest BCUT2D eigenvalue weighted by Gasteiger charge is -2.31. The molecule has 0 radical (unpaired) electrons. The fraction of sp³-hybridized carbons (Fsp3) is 0.750. The normalized spacial score (nSPS) is 22.7. The molecule has 7 heteroatoms. The molecular weight excluding hydrogens is 266 g/mol. The molecule has 1 aromatic rings. The molecule has 1 aliphatic carbocycles. The minimum Gasteiger partial charge on any atom is -0.451 e. The highest BCUT2D eigenvalue weighted by molar-refractivity contribution is 7.90. The first kappa shape index (κ1) is 13.1. The van der Waals surface area contributed by atoms with E-state index in [0.717, 1.165) is 51.0 Å². The number of likely N-dealkylation sites (tertiary alicyclic amines) is 1. The van der Waals surface area contributed by atoms with Gasteiger partial charge in [-0.15, -0.1) is 0 Å². The molecule has 1 saturated heterocycles. The fourth-order valence-corrected chi connectivity index (χ4v) is 4.11. The molecule has 106 valence electrons. The average molecular weight is 285 g/mol. The van der Waals surface area contributed by atoms with Gasteiger partial charge < -0.3 is 4.42 Å². The molecule has 0 atom stereocenters. The summed E-state index contributed by atoms with van der Waals surface area (Å²) in [6, 6.07) is 0.0964. The lowest BCUT2D eigenvalue weighted by atomic mass is 10.1. The highest BCUT2D eigenvalue weighted by Crippen LogP contribution is 2.28. The van der Waals surface area contributed by atoms with Gasteiger partial charge in [-0.1, -0.05) is 0 Å². The smallest absolute Gasteiger partial charge is 0.214 e. The van der Waals surface area contributed by atoms with Crippen LogP contribution in [0.15, 0.2) is 17.1 Å². The summed E-state index contributed by atoms with van der Waals surface area (Å²) in [5.74, 6) is 0. The van der Waals surface area contributed by atoms with Crippen molar-refractivity contribution in [2.75, 3.05) is 13.1 Å². The number of nitrogens with one attached hydrogen (secondary N) is 1. The zero-order chi connectivity index (χ0) is 13.3. The maximum atomic E-state index is 11.9. The first-order valence-electron chi connectivity index (χ1n) is 6.74. The van der Waals surface area contributed by atoms with Crippen molar-refractivity contribution in [1.82, 2.24) is 14.6 Å². The highest BCUT2D eigenvalue weighted by atomic mass is 32.2. The minimum atomic E-state index is -3.05. The summed E-state index contributed by atoms with van der Waals surface area (Å²) in [5.41, 5.74) is 0.928. The molecule has 0 bridgehead atoms. The van der Waals surface area contributed by atoms with Gasteiger partial charge in [0.15, 0.2) is 6.39 Å². The van der Waals surface area contributed by atoms with Crippen LogP contribution in [0.3, 0.4) is 0 Å². The van der Waals surface area contributed by atoms with Gasteiger partial charge in [-0.05, 0) is 25.7 Å². The van der Waals surface area contributed by atoms with Gasteiger partial charge in [0.1, 0.15) is 6.26 Å². The third-order valence-electron chi connectivity index (χ3n) is 3.75. The molecule has 0 spiro atoms. The lowest BCUT2D eigenvalue weighted by Crippen LogP contribution is -2.45. The van der Waals surface area contributed by atoms with E-state index < -0.39 is 10.0 Å². The maximum absolute atomic E-state index is 11.9. The highest BCUT2D eigenvalue weighted by Gasteiger charge is 2.37. The maximum Gasteiger partial charge on any atom is 0.214 e. The molecule has 3 rings (SSSR count). The molecular formula is C12H19N3O3S. The van der Waals surface area contributed by atoms with Crippen LogP contribution in [-0.2, 0) is 16.6 Å². The first-order chi connectivity index (χ1) is 9.13. The van der Waals surface area contributed by atoms with Crippen molar-refractivity contribution < 1.29 is 12.8 Å². The Balaban J connectivity index is 1.47. The predicted molar refractivity (Wildman–Crippen MR) is 69.9 cm³/mol. The Morgan fingerprint density at radius 1 is 1.32 bits per heavy atom. The molecule has 1 N–H and O–H groups in total. The van der Waals surface area contributed by atoms with E-state index in [1.165, 1.54) is 6.39 Å². The zero-order valence-corrected chi connectivity index (χ0v) is 11.6. The largest absolute Gasteiger partial charge is 0.451 e. The topological polar surface area (TPSA) is 75.4 Å². The Bertz CT molecular complexity index is 502. The number of hydrogen-bond donors (Lipinski definition) is 1. The van der Waals surface area contributed by atoms with Crippen molar-refractivity contribution in [3.8, 4) is 0 Å². The number of aromatic nitrogens is 1. The Labute approximate surface area is 113 Å². The van der Waals surface area contributed by atoms with Crippen LogP contribution in [-0.4, -0.2) is 42.7 Å². The standard InChI is InChI=1S/C12H19N3O3S/c16-19(17,12-1-2-12)14-10-3-5-15(6-4-10)7-11-8-18-9-13-11/h8-10,12,14H,1-7H2. The van der Waals surface area contributed by atoms with Gasteiger partial charge in [-0.3, -0.25) is 4.90 Å². The summed E-state index contributed by atoms with van der Waals surface area (Å²) in [7, 11) is -3.05. The van der Waals surface area contributed by atoms with Crippen LogP contribution < -0.4 is 4.72 Å². The quantitative estimate of drug-likeness (QED) is 0.863. The Kier molecular flexibility index (Phi) is 3.60. The van der Waals surface area contributed by atoms with Gasteiger partial charge in [0, 0.05) is 25.7 Å². The number of nitrogens with zero attached hydrogens (tertiary/aromatic N) is 2. The number of oxazole rings is 1. The monoisotopic (exact) mass is 285 g/mol. The van der Waals surface area contributed by atoms with Gasteiger partial charge in [0.2, 0.25) is 10.0 Å². The van der Waals surface area contributed by atoms with Crippen molar-refractivity contribution in [3.63, 3.8) is 0 Å². The Morgan fingerprint density at radius 2 is 2.05 bits per heavy atom. The van der Waals surface area contributed by atoms with Crippen molar-refractivity contribution in [3.05, 3.63) is 18.4 Å². The van der Waals surface area contributed by atoms with E-state index in [1.54, 1.807) is 6.26 Å². The van der Waals surface area contributed by atoms with Crippen LogP contribution >= 0.6 is 0 Å². The lowest BCUT2D eigenvalue weighted by molar-refractivity contribution is 0.198. The van der Waals surface area contributed by atoms with Crippen LogP contribution in [0, 0.1) is 0 Å². The molecule has 19 heavy (non-hydrogen) atoms. The first-order valence-corrected chi connectivity index (χ1v) is 8.29. The van der Waals surface area contributed by atoms with E-state index in [9.17, 15) is 8.42 Å². The average Bonchev–Trinajstić information content (AvgIpc) is 3.13. The number of sulfonamides is 1. The summed E-state index contributed by atoms with van der Waals surface area (Å²) in [6.07, 6.45) is 6.46. The van der Waals surface area contributed by atoms with E-state index >= 15 is 0 Å². The Hall–Kier alpha value is -0.920. The van der Waals surface area contributed by atoms with Gasteiger partial charge >= 0.3 is 0 Å². The third-order valence-corrected chi connectivity index (χ3v) is 5.76. The summed E-state index contributed by atoms with van der Waals surface area (Å²) in [5, 5.41) is -0.124. The molecule has 2 heterocycles. The van der Waals surface area contributed by atoms with Crippen molar-refractivity contribution in [2.24, 2.45) is 0 Å². The van der Waals surface area contributed by atoms with Gasteiger partial charge in [0.05, 0.1) is 10.9 Å². The second-order valence-electron chi connectivity index (χ2n) is 5.39. The summed E-state index contributed by atoms with van der Waals surface area (Å²) in [6.45, 7) is 2.56. The molecule has 0 aromatic carbocycles. The van der Waals surface area contributed by atoms with E-state index in [0.29, 0.717) is 0 Å². The SMILES string of the molecule is O=S(=O)(NC1CCN(Cc2cocn2)CC1)C1CC1. The number of rotatable bonds is 5. The second-order valence-corrected chi connectivity index (χ2v) is 7.38. The molecule has 1 saturated carbocycles. The fourth-order valence-electron chi connectivity index (χ4n) is 2.46. The molecule has 0 amide bonds. The van der Waals surface area contributed by atoms with Crippen LogP contribution in [0.4, 0.5) is 0 Å². The van der Waals surface area contributed by atoms with E-state index in [2.05, 4.69) is 14.6 Å². The molecule has 1 aliphatic heterocycles. The molecule has 0 unspecified atom stereocenters. The van der Waals surface area contributed by atoms with Crippen LogP contribution in [0.1, 0.15) is 31.4 Å². The van der Waals surface area contributed by atoms with Crippen LogP contribution in [0.25, 0.3) is 0 Å². The van der Waals surface area contributed by atoms with E-state index in [-0.39, 0.29) is 11.3 Å². The predicted octanol–water partition coefficient (Wildman–Crippen LogP) is 0.721. The van der Waals surface area contributed by atoms with Crippen molar-refractivity contribution in [2.45, 2.75) is 43.5 Å². The summed E-state index contributed by atoms with van der Waals surface area (Å²) >= 11 is 0. The third kappa shape index (κ3) is 3.34. The summed E-state index contributed by atoms with van der Waals surface area (Å²) in [4.78, 5) is 6.38. The van der Waals surface area contributed by atoms with Gasteiger partial charge in [-0.2, -0.15) is 0 Å². The van der Waals surface area contributed by atoms with Crippen molar-refractivity contribution in [1.29, 1.82) is 0 Å². The zero-order valence-electron chi connectivity index (χ0n) is 10.8. The molecule has 2 fully saturated rings. The number of hydrogen-bond acceptors (Lipinski definition) is 5. The van der Waals surface area contributed by atoms with Crippen molar-refractivity contribution >= 4 is 10.0 Å². The van der Waals surface area contributed by atoms with E-state index in [1.807, 2.05) is 0 Å². The molecule has 1 aromatic heterocycles. The van der Waals surface area contributed by atoms with E-state index in [4.69, 9.17) is 4.42 Å². The van der Waals surface area contributed by atoms with Crippen LogP contribution in [0.2, 0.25) is 0 Å². The summed E-state index contributed by atoms with van der Waals surface area (Å²) < 4.78 is 31.5. The second kappa shape index (κ2) is 5.22. The van der Waals surface area contributed by atoms with Gasteiger partial charge in [-0.25, -0.2) is 18.1 Å².